The van der Waals surface area contributed by atoms with Crippen molar-refractivity contribution in [3.63, 3.8) is 0 Å². The normalized spacial score (nSPS) is 16.8. The van der Waals surface area contributed by atoms with Crippen LogP contribution in [0, 0.1) is 0 Å². The predicted octanol–water partition coefficient (Wildman–Crippen LogP) is 4.77. The van der Waals surface area contributed by atoms with Gasteiger partial charge in [-0.3, -0.25) is 14.5 Å². The Labute approximate surface area is 159 Å². The number of para-hydroxylation sites is 1. The highest BCUT2D eigenvalue weighted by molar-refractivity contribution is 8.00. The molecule has 2 aromatic rings. The van der Waals surface area contributed by atoms with E-state index in [2.05, 4.69) is 18.3 Å². The first-order chi connectivity index (χ1) is 12.6. The number of carbonyl (C=O) groups is 2. The Balaban J connectivity index is 1.94. The fourth-order valence-electron chi connectivity index (χ4n) is 3.18. The Kier molecular flexibility index (Phi) is 5.99. The molecule has 1 N–H and O–H groups in total. The van der Waals surface area contributed by atoms with E-state index in [-0.39, 0.29) is 17.2 Å². The Morgan fingerprint density at radius 2 is 2.00 bits per heavy atom. The summed E-state index contributed by atoms with van der Waals surface area (Å²) >= 11 is 1.63. The van der Waals surface area contributed by atoms with Gasteiger partial charge in [0.2, 0.25) is 11.8 Å². The van der Waals surface area contributed by atoms with Crippen molar-refractivity contribution >= 4 is 35.0 Å². The van der Waals surface area contributed by atoms with Crippen LogP contribution in [-0.4, -0.2) is 17.6 Å². The highest BCUT2D eigenvalue weighted by Crippen LogP contribution is 2.43. The topological polar surface area (TPSA) is 49.4 Å². The molecule has 4 nitrogen and oxygen atoms in total. The maximum absolute atomic E-state index is 12.7. The van der Waals surface area contributed by atoms with Gasteiger partial charge in [-0.15, -0.1) is 11.8 Å². The fraction of sp³-hybridized carbons (Fsp3) is 0.333. The molecule has 0 spiro atoms. The Hall–Kier alpha value is -2.27. The van der Waals surface area contributed by atoms with Crippen LogP contribution in [0.25, 0.3) is 0 Å². The highest BCUT2D eigenvalue weighted by atomic mass is 32.2. The first-order valence-electron chi connectivity index (χ1n) is 9.05. The SMILES string of the molecule is CCCc1ccccc1N1C(=O)CS[C@H]1c1cccc(NC(=O)CC)c1. The molecule has 3 rings (SSSR count). The second kappa shape index (κ2) is 8.41. The molecule has 0 bridgehead atoms. The van der Waals surface area contributed by atoms with Crippen molar-refractivity contribution in [2.75, 3.05) is 16.0 Å². The van der Waals surface area contributed by atoms with Crippen molar-refractivity contribution in [2.24, 2.45) is 0 Å². The smallest absolute Gasteiger partial charge is 0.238 e. The average Bonchev–Trinajstić information content (AvgIpc) is 3.04. The van der Waals surface area contributed by atoms with Crippen LogP contribution in [0.2, 0.25) is 0 Å². The van der Waals surface area contributed by atoms with Crippen molar-refractivity contribution in [3.8, 4) is 0 Å². The van der Waals surface area contributed by atoms with Gasteiger partial charge in [-0.2, -0.15) is 0 Å². The number of aryl methyl sites for hydroxylation is 1. The van der Waals surface area contributed by atoms with Crippen molar-refractivity contribution in [2.45, 2.75) is 38.5 Å². The number of thioether (sulfide) groups is 1. The number of benzene rings is 2. The molecule has 2 aromatic carbocycles. The Morgan fingerprint density at radius 1 is 1.19 bits per heavy atom. The largest absolute Gasteiger partial charge is 0.326 e. The first kappa shape index (κ1) is 18.5. The minimum Gasteiger partial charge on any atom is -0.326 e. The summed E-state index contributed by atoms with van der Waals surface area (Å²) in [6, 6.07) is 16.0. The lowest BCUT2D eigenvalue weighted by molar-refractivity contribution is -0.116. The summed E-state index contributed by atoms with van der Waals surface area (Å²) in [6.07, 6.45) is 2.43. The Morgan fingerprint density at radius 3 is 2.77 bits per heavy atom. The third-order valence-corrected chi connectivity index (χ3v) is 5.63. The molecular weight excluding hydrogens is 344 g/mol. The van der Waals surface area contributed by atoms with E-state index in [0.29, 0.717) is 12.2 Å². The third-order valence-electron chi connectivity index (χ3n) is 4.42. The molecule has 0 unspecified atom stereocenters. The molecule has 5 heteroatoms. The number of hydrogen-bond donors (Lipinski definition) is 1. The van der Waals surface area contributed by atoms with Crippen LogP contribution in [-0.2, 0) is 16.0 Å². The van der Waals surface area contributed by atoms with Crippen LogP contribution >= 0.6 is 11.8 Å². The van der Waals surface area contributed by atoms with Gasteiger partial charge < -0.3 is 5.32 Å². The van der Waals surface area contributed by atoms with Crippen molar-refractivity contribution in [1.29, 1.82) is 0 Å². The van der Waals surface area contributed by atoms with Crippen molar-refractivity contribution in [1.82, 2.24) is 0 Å². The fourth-order valence-corrected chi connectivity index (χ4v) is 4.34. The molecule has 1 aliphatic rings. The van der Waals surface area contributed by atoms with Gasteiger partial charge in [-0.1, -0.05) is 50.6 Å². The zero-order valence-corrected chi connectivity index (χ0v) is 16.0. The molecule has 1 aliphatic heterocycles. The van der Waals surface area contributed by atoms with Gasteiger partial charge in [0.05, 0.1) is 5.75 Å². The van der Waals surface area contributed by atoms with Crippen LogP contribution in [0.5, 0.6) is 0 Å². The molecular formula is C21H24N2O2S. The second-order valence-electron chi connectivity index (χ2n) is 6.33. The standard InChI is InChI=1S/C21H24N2O2S/c1-3-8-15-9-5-6-12-18(15)23-20(25)14-26-21(23)16-10-7-11-17(13-16)22-19(24)4-2/h5-7,9-13,21H,3-4,8,14H2,1-2H3,(H,22,24)/t21-/m0/s1. The average molecular weight is 369 g/mol. The van der Waals surface area contributed by atoms with Crippen LogP contribution in [0.3, 0.4) is 0 Å². The monoisotopic (exact) mass is 368 g/mol. The van der Waals surface area contributed by atoms with Crippen LogP contribution < -0.4 is 10.2 Å². The zero-order valence-electron chi connectivity index (χ0n) is 15.2. The number of amides is 2. The maximum atomic E-state index is 12.7. The van der Waals surface area contributed by atoms with E-state index in [9.17, 15) is 9.59 Å². The van der Waals surface area contributed by atoms with Gasteiger partial charge >= 0.3 is 0 Å². The van der Waals surface area contributed by atoms with E-state index in [1.165, 1.54) is 5.56 Å². The van der Waals surface area contributed by atoms with E-state index in [0.717, 1.165) is 29.8 Å². The minimum absolute atomic E-state index is 0.0116. The van der Waals surface area contributed by atoms with Gasteiger partial charge in [-0.05, 0) is 35.7 Å². The van der Waals surface area contributed by atoms with Gasteiger partial charge in [0.15, 0.2) is 0 Å². The number of rotatable bonds is 6. The van der Waals surface area contributed by atoms with Crippen molar-refractivity contribution in [3.05, 3.63) is 59.7 Å². The number of nitrogens with zero attached hydrogens (tertiary/aromatic N) is 1. The summed E-state index contributed by atoms with van der Waals surface area (Å²) in [4.78, 5) is 26.3. The molecule has 0 aliphatic carbocycles. The lowest BCUT2D eigenvalue weighted by Crippen LogP contribution is -2.28. The second-order valence-corrected chi connectivity index (χ2v) is 7.40. The van der Waals surface area contributed by atoms with Crippen LogP contribution in [0.4, 0.5) is 11.4 Å². The van der Waals surface area contributed by atoms with E-state index in [1.807, 2.05) is 54.3 Å². The maximum Gasteiger partial charge on any atom is 0.238 e. The summed E-state index contributed by atoms with van der Waals surface area (Å²) in [7, 11) is 0. The molecule has 0 aromatic heterocycles. The Bertz CT molecular complexity index is 806. The molecule has 1 fully saturated rings. The quantitative estimate of drug-likeness (QED) is 0.799. The predicted molar refractivity (Wildman–Crippen MR) is 108 cm³/mol. The summed E-state index contributed by atoms with van der Waals surface area (Å²) in [5, 5.41) is 2.83. The van der Waals surface area contributed by atoms with Gasteiger partial charge in [0.25, 0.3) is 0 Å². The van der Waals surface area contributed by atoms with E-state index in [4.69, 9.17) is 0 Å². The minimum atomic E-state index is -0.0704. The summed E-state index contributed by atoms with van der Waals surface area (Å²) in [5.74, 6) is 0.588. The van der Waals surface area contributed by atoms with Gasteiger partial charge in [-0.25, -0.2) is 0 Å². The third kappa shape index (κ3) is 3.93. The molecule has 26 heavy (non-hydrogen) atoms. The summed E-state index contributed by atoms with van der Waals surface area (Å²) in [6.45, 7) is 3.98. The number of hydrogen-bond acceptors (Lipinski definition) is 3. The lowest BCUT2D eigenvalue weighted by atomic mass is 10.1. The molecule has 1 heterocycles. The highest BCUT2D eigenvalue weighted by Gasteiger charge is 2.35. The van der Waals surface area contributed by atoms with Gasteiger partial charge in [0, 0.05) is 17.8 Å². The molecule has 1 atom stereocenters. The van der Waals surface area contributed by atoms with E-state index >= 15 is 0 Å². The molecule has 136 valence electrons. The first-order valence-corrected chi connectivity index (χ1v) is 10.1. The molecule has 0 saturated carbocycles. The van der Waals surface area contributed by atoms with Crippen LogP contribution in [0.15, 0.2) is 48.5 Å². The molecule has 1 saturated heterocycles. The van der Waals surface area contributed by atoms with E-state index in [1.54, 1.807) is 11.8 Å². The number of anilines is 2. The summed E-state index contributed by atoms with van der Waals surface area (Å²) < 4.78 is 0. The number of nitrogens with one attached hydrogen (secondary N) is 1. The lowest BCUT2D eigenvalue weighted by Gasteiger charge is -2.27. The number of carbonyl (C=O) groups excluding carboxylic acids is 2. The summed E-state index contributed by atoms with van der Waals surface area (Å²) in [5.41, 5.74) is 4.00. The van der Waals surface area contributed by atoms with Gasteiger partial charge in [0.1, 0.15) is 5.37 Å². The van der Waals surface area contributed by atoms with Crippen molar-refractivity contribution < 1.29 is 9.59 Å². The molecule has 0 radical (unpaired) electrons. The molecule has 2 amide bonds. The zero-order chi connectivity index (χ0) is 18.5. The van der Waals surface area contributed by atoms with Crippen LogP contribution in [0.1, 0.15) is 43.2 Å². The van der Waals surface area contributed by atoms with E-state index < -0.39 is 0 Å².